The molecule has 0 radical (unpaired) electrons. The van der Waals surface area contributed by atoms with Gasteiger partial charge in [0.1, 0.15) is 0 Å². The highest BCUT2D eigenvalue weighted by molar-refractivity contribution is 5.42. The van der Waals surface area contributed by atoms with Gasteiger partial charge >= 0.3 is 0 Å². The highest BCUT2D eigenvalue weighted by atomic mass is 14.5. The molecule has 0 bridgehead atoms. The summed E-state index contributed by atoms with van der Waals surface area (Å²) in [6.07, 6.45) is 8.82. The van der Waals surface area contributed by atoms with E-state index in [1.165, 1.54) is 37.7 Å². The lowest BCUT2D eigenvalue weighted by Crippen LogP contribution is -2.48. The fourth-order valence-electron chi connectivity index (χ4n) is 5.16. The van der Waals surface area contributed by atoms with Crippen molar-refractivity contribution in [3.8, 4) is 0 Å². The van der Waals surface area contributed by atoms with E-state index in [9.17, 15) is 0 Å². The van der Waals surface area contributed by atoms with Crippen molar-refractivity contribution < 1.29 is 0 Å². The van der Waals surface area contributed by atoms with Crippen LogP contribution in [0.25, 0.3) is 0 Å². The summed E-state index contributed by atoms with van der Waals surface area (Å²) in [5.74, 6) is 1.39. The van der Waals surface area contributed by atoms with Gasteiger partial charge in [0, 0.05) is 0 Å². The molecule has 21 heavy (non-hydrogen) atoms. The molecule has 0 N–H and O–H groups in total. The molecule has 0 nitrogen and oxygen atoms in total. The minimum atomic E-state index is 0.321. The first kappa shape index (κ1) is 14.9. The molecule has 2 aliphatic carbocycles. The smallest absolute Gasteiger partial charge is 0.00360 e. The first-order chi connectivity index (χ1) is 9.90. The molecule has 0 amide bonds. The van der Waals surface area contributed by atoms with Crippen molar-refractivity contribution in [2.75, 3.05) is 0 Å². The van der Waals surface area contributed by atoms with E-state index in [4.69, 9.17) is 0 Å². The van der Waals surface area contributed by atoms with Crippen molar-refractivity contribution in [1.29, 1.82) is 0 Å². The van der Waals surface area contributed by atoms with Crippen LogP contribution in [0, 0.1) is 11.3 Å². The van der Waals surface area contributed by atoms with Crippen molar-refractivity contribution in [3.05, 3.63) is 47.5 Å². The van der Waals surface area contributed by atoms with Crippen LogP contribution in [0.5, 0.6) is 0 Å². The molecule has 0 unspecified atom stereocenters. The quantitative estimate of drug-likeness (QED) is 0.583. The summed E-state index contributed by atoms with van der Waals surface area (Å²) in [6.45, 7) is 13.7. The predicted octanol–water partition coefficient (Wildman–Crippen LogP) is 6.01. The number of hydrogen-bond donors (Lipinski definition) is 0. The number of benzene rings is 1. The second-order valence-electron chi connectivity index (χ2n) is 8.14. The van der Waals surface area contributed by atoms with Crippen LogP contribution in [0.2, 0.25) is 0 Å². The van der Waals surface area contributed by atoms with E-state index in [1.54, 1.807) is 11.1 Å². The Hall–Kier alpha value is -1.04. The van der Waals surface area contributed by atoms with Crippen molar-refractivity contribution in [3.63, 3.8) is 0 Å². The van der Waals surface area contributed by atoms with Crippen LogP contribution in [0.4, 0.5) is 0 Å². The normalized spacial score (nSPS) is 35.2. The summed E-state index contributed by atoms with van der Waals surface area (Å²) < 4.78 is 0. The molecule has 1 saturated carbocycles. The molecule has 0 heteroatoms. The zero-order valence-electron chi connectivity index (χ0n) is 14.2. The Morgan fingerprint density at radius 2 is 2.00 bits per heavy atom. The molecule has 0 aromatic heterocycles. The van der Waals surface area contributed by atoms with Gasteiger partial charge in [0.15, 0.2) is 0 Å². The van der Waals surface area contributed by atoms with E-state index in [2.05, 4.69) is 58.5 Å². The Morgan fingerprint density at radius 3 is 2.67 bits per heavy atom. The molecular formula is C21H30. The molecule has 3 atom stereocenters. The summed E-state index contributed by atoms with van der Waals surface area (Å²) >= 11 is 0. The summed E-state index contributed by atoms with van der Waals surface area (Å²) in [5, 5.41) is 0. The van der Waals surface area contributed by atoms with Crippen LogP contribution < -0.4 is 0 Å². The van der Waals surface area contributed by atoms with Crippen LogP contribution in [0.1, 0.15) is 76.0 Å². The monoisotopic (exact) mass is 282 g/mol. The first-order valence-corrected chi connectivity index (χ1v) is 8.67. The number of aryl methyl sites for hydroxylation is 1. The van der Waals surface area contributed by atoms with Gasteiger partial charge in [0.05, 0.1) is 0 Å². The van der Waals surface area contributed by atoms with Gasteiger partial charge in [-0.25, -0.2) is 0 Å². The zero-order chi connectivity index (χ0) is 15.3. The Morgan fingerprint density at radius 1 is 1.24 bits per heavy atom. The van der Waals surface area contributed by atoms with E-state index >= 15 is 0 Å². The number of allylic oxidation sites excluding steroid dienone is 1. The van der Waals surface area contributed by atoms with Crippen molar-refractivity contribution in [1.82, 2.24) is 0 Å². The minimum Gasteiger partial charge on any atom is -0.103 e. The summed E-state index contributed by atoms with van der Waals surface area (Å²) in [7, 11) is 0. The molecule has 1 aromatic carbocycles. The Balaban J connectivity index is 2.07. The second-order valence-corrected chi connectivity index (χ2v) is 8.14. The average molecular weight is 282 g/mol. The summed E-state index contributed by atoms with van der Waals surface area (Å²) in [5.41, 5.74) is 5.42. The lowest BCUT2D eigenvalue weighted by Gasteiger charge is -2.54. The lowest BCUT2D eigenvalue weighted by molar-refractivity contribution is 0.0634. The molecule has 0 spiro atoms. The van der Waals surface area contributed by atoms with Crippen molar-refractivity contribution >= 4 is 0 Å². The average Bonchev–Trinajstić information content (AvgIpc) is 2.46. The maximum atomic E-state index is 4.17. The molecule has 0 saturated heterocycles. The Labute approximate surface area is 130 Å². The Bertz CT molecular complexity index is 553. The van der Waals surface area contributed by atoms with Gasteiger partial charge in [-0.2, -0.15) is 0 Å². The van der Waals surface area contributed by atoms with Gasteiger partial charge in [0.2, 0.25) is 0 Å². The SMILES string of the molecule is C=C[C@@]1(C)CCC[C@@]2(C)c3ccc(C(C)C)cc3CC[C@H]12. The highest BCUT2D eigenvalue weighted by Crippen LogP contribution is 2.57. The standard InChI is InChI=1S/C21H30/c1-6-20(4)12-7-13-21(5)18-10-8-16(15(2)3)14-17(18)9-11-19(20)21/h6,8,10,14-15,19H,1,7,9,11-13H2,2-5H3/t19-,20+,21+/m1/s1. The van der Waals surface area contributed by atoms with Gasteiger partial charge in [-0.15, -0.1) is 6.58 Å². The van der Waals surface area contributed by atoms with Crippen LogP contribution in [-0.4, -0.2) is 0 Å². The van der Waals surface area contributed by atoms with E-state index in [0.29, 0.717) is 16.7 Å². The van der Waals surface area contributed by atoms with E-state index in [0.717, 1.165) is 5.92 Å². The van der Waals surface area contributed by atoms with Crippen molar-refractivity contribution in [2.45, 2.75) is 71.1 Å². The fraction of sp³-hybridized carbons (Fsp3) is 0.619. The van der Waals surface area contributed by atoms with Crippen LogP contribution >= 0.6 is 0 Å². The molecule has 1 fully saturated rings. The molecule has 3 rings (SSSR count). The van der Waals surface area contributed by atoms with E-state index in [1.807, 2.05) is 0 Å². The number of hydrogen-bond acceptors (Lipinski definition) is 0. The van der Waals surface area contributed by atoms with Crippen molar-refractivity contribution in [2.24, 2.45) is 11.3 Å². The fourth-order valence-corrected chi connectivity index (χ4v) is 5.16. The lowest BCUT2D eigenvalue weighted by atomic mass is 9.50. The van der Waals surface area contributed by atoms with E-state index in [-0.39, 0.29) is 0 Å². The number of fused-ring (bicyclic) bond motifs is 3. The third-order valence-corrected chi connectivity index (χ3v) is 6.56. The van der Waals surface area contributed by atoms with Gasteiger partial charge in [0.25, 0.3) is 0 Å². The van der Waals surface area contributed by atoms with E-state index < -0.39 is 0 Å². The molecular weight excluding hydrogens is 252 g/mol. The van der Waals surface area contributed by atoms with Gasteiger partial charge in [-0.1, -0.05) is 58.4 Å². The van der Waals surface area contributed by atoms with Gasteiger partial charge < -0.3 is 0 Å². The van der Waals surface area contributed by atoms with Crippen LogP contribution in [-0.2, 0) is 11.8 Å². The Kier molecular flexibility index (Phi) is 3.55. The molecule has 0 aliphatic heterocycles. The third-order valence-electron chi connectivity index (χ3n) is 6.56. The molecule has 0 heterocycles. The molecule has 1 aromatic rings. The number of rotatable bonds is 2. The first-order valence-electron chi connectivity index (χ1n) is 8.67. The van der Waals surface area contributed by atoms with Gasteiger partial charge in [-0.05, 0) is 65.0 Å². The molecule has 2 aliphatic rings. The largest absolute Gasteiger partial charge is 0.103 e. The van der Waals surface area contributed by atoms with Crippen LogP contribution in [0.15, 0.2) is 30.9 Å². The third kappa shape index (κ3) is 2.18. The zero-order valence-corrected chi connectivity index (χ0v) is 14.2. The summed E-state index contributed by atoms with van der Waals surface area (Å²) in [6, 6.07) is 7.31. The second kappa shape index (κ2) is 5.00. The minimum absolute atomic E-state index is 0.321. The highest BCUT2D eigenvalue weighted by Gasteiger charge is 2.50. The van der Waals surface area contributed by atoms with Gasteiger partial charge in [-0.3, -0.25) is 0 Å². The maximum absolute atomic E-state index is 4.17. The van der Waals surface area contributed by atoms with Crippen LogP contribution in [0.3, 0.4) is 0 Å². The topological polar surface area (TPSA) is 0 Å². The predicted molar refractivity (Wildman–Crippen MR) is 91.8 cm³/mol. The summed E-state index contributed by atoms with van der Waals surface area (Å²) in [4.78, 5) is 0. The molecule has 114 valence electrons. The maximum Gasteiger partial charge on any atom is -0.00360 e.